The van der Waals surface area contributed by atoms with Crippen molar-refractivity contribution in [3.63, 3.8) is 0 Å². The molecule has 0 bridgehead atoms. The number of rotatable bonds is 4. The van der Waals surface area contributed by atoms with Crippen LogP contribution in [0.1, 0.15) is 39.0 Å². The average molecular weight is 180 g/mol. The van der Waals surface area contributed by atoms with Gasteiger partial charge in [-0.05, 0) is 31.7 Å². The largest absolute Gasteiger partial charge is 0.302 e. The van der Waals surface area contributed by atoms with Crippen LogP contribution in [0.2, 0.25) is 0 Å². The van der Waals surface area contributed by atoms with Gasteiger partial charge in [0.15, 0.2) is 0 Å². The Hall–Kier alpha value is -0.550. The number of nitrogens with zero attached hydrogens (tertiary/aromatic N) is 2. The lowest BCUT2D eigenvalue weighted by molar-refractivity contribution is 0.171. The lowest BCUT2D eigenvalue weighted by atomic mass is 9.94. The van der Waals surface area contributed by atoms with Crippen LogP contribution in [0, 0.1) is 17.2 Å². The van der Waals surface area contributed by atoms with Gasteiger partial charge in [-0.25, -0.2) is 0 Å². The van der Waals surface area contributed by atoms with E-state index in [0.717, 1.165) is 12.5 Å². The monoisotopic (exact) mass is 180 g/mol. The normalized spacial score (nSPS) is 24.2. The minimum atomic E-state index is 0.693. The second-order valence-electron chi connectivity index (χ2n) is 4.01. The standard InChI is InChI=1S/C11H20N2/c1-2-5-11-6-3-8-13(10-11)9-4-7-12/h11H,2-6,8-10H2,1H3. The highest BCUT2D eigenvalue weighted by Gasteiger charge is 2.18. The summed E-state index contributed by atoms with van der Waals surface area (Å²) in [5.41, 5.74) is 0. The number of nitriles is 1. The molecule has 0 aromatic carbocycles. The molecule has 1 unspecified atom stereocenters. The van der Waals surface area contributed by atoms with Crippen molar-refractivity contribution in [3.05, 3.63) is 0 Å². The fourth-order valence-corrected chi connectivity index (χ4v) is 2.21. The van der Waals surface area contributed by atoms with Gasteiger partial charge < -0.3 is 4.90 Å². The third kappa shape index (κ3) is 3.78. The van der Waals surface area contributed by atoms with Crippen LogP contribution in [0.3, 0.4) is 0 Å². The zero-order valence-corrected chi connectivity index (χ0v) is 8.63. The van der Waals surface area contributed by atoms with Crippen molar-refractivity contribution in [2.45, 2.75) is 39.0 Å². The molecule has 0 spiro atoms. The molecule has 1 atom stereocenters. The summed E-state index contributed by atoms with van der Waals surface area (Å²) >= 11 is 0. The van der Waals surface area contributed by atoms with Gasteiger partial charge >= 0.3 is 0 Å². The van der Waals surface area contributed by atoms with E-state index >= 15 is 0 Å². The van der Waals surface area contributed by atoms with Crippen molar-refractivity contribution < 1.29 is 0 Å². The van der Waals surface area contributed by atoms with Crippen LogP contribution in [0.5, 0.6) is 0 Å². The fraction of sp³-hybridized carbons (Fsp3) is 0.909. The van der Waals surface area contributed by atoms with Crippen molar-refractivity contribution in [1.29, 1.82) is 5.26 Å². The molecule has 0 radical (unpaired) electrons. The Balaban J connectivity index is 2.21. The first-order valence-electron chi connectivity index (χ1n) is 5.46. The van der Waals surface area contributed by atoms with E-state index < -0.39 is 0 Å². The van der Waals surface area contributed by atoms with Gasteiger partial charge in [0.1, 0.15) is 0 Å². The topological polar surface area (TPSA) is 27.0 Å². The Labute approximate surface area is 81.5 Å². The predicted molar refractivity (Wildman–Crippen MR) is 54.3 cm³/mol. The molecule has 1 heterocycles. The van der Waals surface area contributed by atoms with Gasteiger partial charge in [-0.3, -0.25) is 0 Å². The van der Waals surface area contributed by atoms with Gasteiger partial charge in [0.2, 0.25) is 0 Å². The molecule has 2 heteroatoms. The second-order valence-corrected chi connectivity index (χ2v) is 4.01. The van der Waals surface area contributed by atoms with E-state index in [4.69, 9.17) is 5.26 Å². The summed E-state index contributed by atoms with van der Waals surface area (Å²) in [5, 5.41) is 8.49. The maximum Gasteiger partial charge on any atom is 0.0635 e. The van der Waals surface area contributed by atoms with Crippen LogP contribution in [0.25, 0.3) is 0 Å². The van der Waals surface area contributed by atoms with Crippen LogP contribution < -0.4 is 0 Å². The Bertz CT molecular complexity index is 169. The molecule has 1 fully saturated rings. The maximum atomic E-state index is 8.49. The molecular formula is C11H20N2. The van der Waals surface area contributed by atoms with Crippen molar-refractivity contribution in [3.8, 4) is 6.07 Å². The summed E-state index contributed by atoms with van der Waals surface area (Å²) in [6, 6.07) is 2.22. The molecule has 0 aliphatic carbocycles. The minimum Gasteiger partial charge on any atom is -0.302 e. The summed E-state index contributed by atoms with van der Waals surface area (Å²) in [5.74, 6) is 0.900. The molecule has 74 valence electrons. The van der Waals surface area contributed by atoms with Crippen LogP contribution in [0.4, 0.5) is 0 Å². The summed E-state index contributed by atoms with van der Waals surface area (Å²) in [6.07, 6.45) is 6.09. The summed E-state index contributed by atoms with van der Waals surface area (Å²) in [6.45, 7) is 5.68. The fourth-order valence-electron chi connectivity index (χ4n) is 2.21. The molecule has 0 N–H and O–H groups in total. The average Bonchev–Trinajstić information content (AvgIpc) is 2.16. The zero-order valence-electron chi connectivity index (χ0n) is 8.63. The molecule has 0 amide bonds. The number of piperidine rings is 1. The Morgan fingerprint density at radius 1 is 1.54 bits per heavy atom. The molecule has 1 rings (SSSR count). The molecule has 2 nitrogen and oxygen atoms in total. The highest BCUT2D eigenvalue weighted by atomic mass is 15.1. The molecule has 0 aromatic rings. The molecule has 1 saturated heterocycles. The van der Waals surface area contributed by atoms with Crippen LogP contribution >= 0.6 is 0 Å². The lowest BCUT2D eigenvalue weighted by Crippen LogP contribution is -2.35. The van der Waals surface area contributed by atoms with Gasteiger partial charge in [0, 0.05) is 19.5 Å². The highest BCUT2D eigenvalue weighted by molar-refractivity contribution is 4.77. The molecule has 13 heavy (non-hydrogen) atoms. The predicted octanol–water partition coefficient (Wildman–Crippen LogP) is 2.41. The highest BCUT2D eigenvalue weighted by Crippen LogP contribution is 2.20. The van der Waals surface area contributed by atoms with Crippen LogP contribution in [-0.2, 0) is 0 Å². The van der Waals surface area contributed by atoms with Crippen LogP contribution in [-0.4, -0.2) is 24.5 Å². The second kappa shape index (κ2) is 5.99. The van der Waals surface area contributed by atoms with Crippen molar-refractivity contribution >= 4 is 0 Å². The quantitative estimate of drug-likeness (QED) is 0.664. The van der Waals surface area contributed by atoms with E-state index in [9.17, 15) is 0 Å². The van der Waals surface area contributed by atoms with E-state index in [1.165, 1.54) is 38.8 Å². The third-order valence-corrected chi connectivity index (χ3v) is 2.84. The smallest absolute Gasteiger partial charge is 0.0635 e. The zero-order chi connectivity index (χ0) is 9.52. The molecule has 0 saturated carbocycles. The van der Waals surface area contributed by atoms with Crippen molar-refractivity contribution in [1.82, 2.24) is 4.90 Å². The Kier molecular flexibility index (Phi) is 4.85. The Morgan fingerprint density at radius 2 is 2.38 bits per heavy atom. The van der Waals surface area contributed by atoms with E-state index in [-0.39, 0.29) is 0 Å². The first-order valence-corrected chi connectivity index (χ1v) is 5.46. The van der Waals surface area contributed by atoms with Gasteiger partial charge in [0.25, 0.3) is 0 Å². The number of hydrogen-bond acceptors (Lipinski definition) is 2. The van der Waals surface area contributed by atoms with Crippen molar-refractivity contribution in [2.75, 3.05) is 19.6 Å². The van der Waals surface area contributed by atoms with Gasteiger partial charge in [-0.1, -0.05) is 13.3 Å². The minimum absolute atomic E-state index is 0.693. The van der Waals surface area contributed by atoms with Gasteiger partial charge in [-0.2, -0.15) is 5.26 Å². The van der Waals surface area contributed by atoms with Crippen LogP contribution in [0.15, 0.2) is 0 Å². The number of hydrogen-bond donors (Lipinski definition) is 0. The first kappa shape index (κ1) is 10.5. The molecule has 0 aromatic heterocycles. The van der Waals surface area contributed by atoms with E-state index in [1.54, 1.807) is 0 Å². The maximum absolute atomic E-state index is 8.49. The van der Waals surface area contributed by atoms with E-state index in [0.29, 0.717) is 6.42 Å². The third-order valence-electron chi connectivity index (χ3n) is 2.84. The summed E-state index contributed by atoms with van der Waals surface area (Å²) in [7, 11) is 0. The van der Waals surface area contributed by atoms with Gasteiger partial charge in [0.05, 0.1) is 6.07 Å². The number of likely N-dealkylation sites (tertiary alicyclic amines) is 1. The SMILES string of the molecule is CCCC1CCCN(CCC#N)C1. The molecular weight excluding hydrogens is 160 g/mol. The summed E-state index contributed by atoms with van der Waals surface area (Å²) in [4.78, 5) is 2.45. The summed E-state index contributed by atoms with van der Waals surface area (Å²) < 4.78 is 0. The molecule has 1 aliphatic rings. The van der Waals surface area contributed by atoms with E-state index in [1.807, 2.05) is 0 Å². The van der Waals surface area contributed by atoms with Gasteiger partial charge in [-0.15, -0.1) is 0 Å². The van der Waals surface area contributed by atoms with E-state index in [2.05, 4.69) is 17.9 Å². The van der Waals surface area contributed by atoms with Crippen molar-refractivity contribution in [2.24, 2.45) is 5.92 Å². The Morgan fingerprint density at radius 3 is 3.08 bits per heavy atom. The first-order chi connectivity index (χ1) is 6.36. The lowest BCUT2D eigenvalue weighted by Gasteiger charge is -2.32. The molecule has 1 aliphatic heterocycles.